The highest BCUT2D eigenvalue weighted by molar-refractivity contribution is 6.50. The van der Waals surface area contributed by atoms with Crippen LogP contribution in [0.5, 0.6) is 0 Å². The van der Waals surface area contributed by atoms with Gasteiger partial charge in [-0.05, 0) is 6.92 Å². The Bertz CT molecular complexity index is 90.6. The van der Waals surface area contributed by atoms with Gasteiger partial charge in [-0.2, -0.15) is 0 Å². The zero-order chi connectivity index (χ0) is 6.74. The van der Waals surface area contributed by atoms with E-state index in [4.69, 9.17) is 13.3 Å². The second kappa shape index (κ2) is 2.76. The van der Waals surface area contributed by atoms with Crippen LogP contribution in [-0.2, 0) is 13.3 Å². The highest BCUT2D eigenvalue weighted by Gasteiger charge is 2.29. The average Bonchev–Trinajstić information content (AvgIpc) is 2.16. The van der Waals surface area contributed by atoms with Gasteiger partial charge in [0, 0.05) is 6.61 Å². The van der Waals surface area contributed by atoms with Crippen molar-refractivity contribution in [3.05, 3.63) is 0 Å². The normalized spacial score (nSPS) is 24.7. The van der Waals surface area contributed by atoms with Crippen LogP contribution in [-0.4, -0.2) is 28.9 Å². The molecule has 0 unspecified atom stereocenters. The summed E-state index contributed by atoms with van der Waals surface area (Å²) >= 11 is 0. The molecule has 0 aromatic heterocycles. The van der Waals surface area contributed by atoms with Gasteiger partial charge in [0.05, 0.1) is 13.2 Å². The van der Waals surface area contributed by atoms with Gasteiger partial charge < -0.3 is 18.1 Å². The summed E-state index contributed by atoms with van der Waals surface area (Å²) in [6.07, 6.45) is 0. The fourth-order valence-corrected chi connectivity index (χ4v) is 1.91. The Hall–Kier alpha value is 0.0569. The van der Waals surface area contributed by atoms with Crippen LogP contribution in [0, 0.1) is 0 Å². The number of hydrogen-bond donors (Lipinski definition) is 0. The third kappa shape index (κ3) is 1.73. The molecule has 0 aliphatic carbocycles. The van der Waals surface area contributed by atoms with E-state index in [0.29, 0.717) is 19.8 Å². The molecule has 0 saturated carbocycles. The van der Waals surface area contributed by atoms with Crippen molar-refractivity contribution >= 4 is 9.05 Å². The summed E-state index contributed by atoms with van der Waals surface area (Å²) in [5, 5.41) is 0. The van der Waals surface area contributed by atoms with Gasteiger partial charge in [0.1, 0.15) is 0 Å². The molecule has 1 rings (SSSR count). The van der Waals surface area contributed by atoms with Crippen LogP contribution in [0.4, 0.5) is 0 Å². The molecular weight excluding hydrogens is 140 g/mol. The molecule has 1 fully saturated rings. The molecule has 1 heterocycles. The minimum Gasteiger partial charge on any atom is -0.793 e. The van der Waals surface area contributed by atoms with Crippen molar-refractivity contribution in [3.8, 4) is 0 Å². The molecule has 1 aliphatic heterocycles. The van der Waals surface area contributed by atoms with Crippen molar-refractivity contribution in [2.75, 3.05) is 19.8 Å². The molecule has 54 valence electrons. The first-order valence-electron chi connectivity index (χ1n) is 2.89. The Morgan fingerprint density at radius 1 is 1.56 bits per heavy atom. The first-order valence-corrected chi connectivity index (χ1v) is 4.52. The Kier molecular flexibility index (Phi) is 2.20. The van der Waals surface area contributed by atoms with Gasteiger partial charge in [-0.3, -0.25) is 0 Å². The molecule has 0 N–H and O–H groups in total. The van der Waals surface area contributed by atoms with Gasteiger partial charge in [-0.15, -0.1) is 0 Å². The Morgan fingerprint density at radius 2 is 2.11 bits per heavy atom. The van der Waals surface area contributed by atoms with E-state index in [9.17, 15) is 4.80 Å². The lowest BCUT2D eigenvalue weighted by molar-refractivity contribution is -0.300. The summed E-state index contributed by atoms with van der Waals surface area (Å²) < 4.78 is 14.2. The molecule has 0 atom stereocenters. The first kappa shape index (κ1) is 7.17. The molecule has 0 amide bonds. The summed E-state index contributed by atoms with van der Waals surface area (Å²) in [5.41, 5.74) is 0. The lowest BCUT2D eigenvalue weighted by atomic mass is 10.8. The SMILES string of the molecule is CCO[Si]1([O-])OCCO1. The van der Waals surface area contributed by atoms with E-state index in [-0.39, 0.29) is 0 Å². The molecule has 0 radical (unpaired) electrons. The molecule has 0 bridgehead atoms. The lowest BCUT2D eigenvalue weighted by Crippen LogP contribution is -2.54. The molecule has 0 spiro atoms. The van der Waals surface area contributed by atoms with Gasteiger partial charge in [-0.1, -0.05) is 0 Å². The zero-order valence-corrected chi connectivity index (χ0v) is 6.25. The van der Waals surface area contributed by atoms with Crippen LogP contribution in [0.15, 0.2) is 0 Å². The van der Waals surface area contributed by atoms with Crippen LogP contribution in [0.2, 0.25) is 0 Å². The molecule has 4 nitrogen and oxygen atoms in total. The van der Waals surface area contributed by atoms with Gasteiger partial charge in [0.2, 0.25) is 0 Å². The van der Waals surface area contributed by atoms with Crippen molar-refractivity contribution in [2.45, 2.75) is 6.92 Å². The van der Waals surface area contributed by atoms with Crippen LogP contribution in [0.1, 0.15) is 6.92 Å². The highest BCUT2D eigenvalue weighted by atomic mass is 28.4. The van der Waals surface area contributed by atoms with Crippen molar-refractivity contribution in [2.24, 2.45) is 0 Å². The van der Waals surface area contributed by atoms with E-state index < -0.39 is 9.05 Å². The third-order valence-electron chi connectivity index (χ3n) is 0.962. The van der Waals surface area contributed by atoms with Crippen LogP contribution >= 0.6 is 0 Å². The van der Waals surface area contributed by atoms with E-state index in [0.717, 1.165) is 0 Å². The van der Waals surface area contributed by atoms with Crippen molar-refractivity contribution in [3.63, 3.8) is 0 Å². The third-order valence-corrected chi connectivity index (χ3v) is 2.72. The molecule has 1 aliphatic rings. The maximum atomic E-state index is 11.0. The minimum atomic E-state index is -3.34. The Labute approximate surface area is 54.8 Å². The summed E-state index contributed by atoms with van der Waals surface area (Å²) in [4.78, 5) is 11.0. The predicted molar refractivity (Wildman–Crippen MR) is 29.3 cm³/mol. The second-order valence-corrected chi connectivity index (χ2v) is 3.50. The summed E-state index contributed by atoms with van der Waals surface area (Å²) in [6.45, 7) is 2.89. The molecule has 9 heavy (non-hydrogen) atoms. The quantitative estimate of drug-likeness (QED) is 0.466. The monoisotopic (exact) mass is 149 g/mol. The fourth-order valence-electron chi connectivity index (χ4n) is 0.635. The molecule has 0 aromatic rings. The summed E-state index contributed by atoms with van der Waals surface area (Å²) in [5.74, 6) is 0. The minimum absolute atomic E-state index is 0.371. The van der Waals surface area contributed by atoms with Gasteiger partial charge in [0.25, 0.3) is 0 Å². The van der Waals surface area contributed by atoms with Crippen molar-refractivity contribution < 1.29 is 18.1 Å². The van der Waals surface area contributed by atoms with E-state index >= 15 is 0 Å². The van der Waals surface area contributed by atoms with E-state index in [1.54, 1.807) is 6.92 Å². The van der Waals surface area contributed by atoms with Gasteiger partial charge in [-0.25, -0.2) is 0 Å². The molecule has 0 aromatic carbocycles. The highest BCUT2D eigenvalue weighted by Crippen LogP contribution is 2.07. The fraction of sp³-hybridized carbons (Fsp3) is 1.00. The van der Waals surface area contributed by atoms with Gasteiger partial charge >= 0.3 is 9.05 Å². The van der Waals surface area contributed by atoms with Crippen molar-refractivity contribution in [1.82, 2.24) is 0 Å². The van der Waals surface area contributed by atoms with Crippen LogP contribution < -0.4 is 4.80 Å². The van der Waals surface area contributed by atoms with Crippen LogP contribution in [0.3, 0.4) is 0 Å². The predicted octanol–water partition coefficient (Wildman–Crippen LogP) is -1.13. The Balaban J connectivity index is 2.32. The van der Waals surface area contributed by atoms with Crippen LogP contribution in [0.25, 0.3) is 0 Å². The summed E-state index contributed by atoms with van der Waals surface area (Å²) in [7, 11) is -3.34. The topological polar surface area (TPSA) is 50.8 Å². The Morgan fingerprint density at radius 3 is 2.56 bits per heavy atom. The van der Waals surface area contributed by atoms with E-state index in [2.05, 4.69) is 0 Å². The first-order chi connectivity index (χ1) is 4.27. The van der Waals surface area contributed by atoms with Gasteiger partial charge in [0.15, 0.2) is 0 Å². The standard InChI is InChI=1S/C4H9O4Si/c1-2-6-9(5)7-3-4-8-9/h2-4H2,1H3/q-1. The maximum Gasteiger partial charge on any atom is 0.413 e. The summed E-state index contributed by atoms with van der Waals surface area (Å²) in [6, 6.07) is 0. The zero-order valence-electron chi connectivity index (χ0n) is 5.25. The van der Waals surface area contributed by atoms with Crippen molar-refractivity contribution in [1.29, 1.82) is 0 Å². The van der Waals surface area contributed by atoms with E-state index in [1.807, 2.05) is 0 Å². The molecular formula is C4H9O4Si-. The second-order valence-electron chi connectivity index (χ2n) is 1.63. The average molecular weight is 149 g/mol. The van der Waals surface area contributed by atoms with E-state index in [1.165, 1.54) is 0 Å². The molecule has 1 saturated heterocycles. The largest absolute Gasteiger partial charge is 0.793 e. The smallest absolute Gasteiger partial charge is 0.413 e. The number of rotatable bonds is 2. The maximum absolute atomic E-state index is 11.0. The lowest BCUT2D eigenvalue weighted by Gasteiger charge is -2.27. The molecule has 5 heteroatoms. The number of hydrogen-bond acceptors (Lipinski definition) is 4.